The van der Waals surface area contributed by atoms with Crippen LogP contribution in [0.4, 0.5) is 5.69 Å². The lowest BCUT2D eigenvalue weighted by molar-refractivity contribution is 0.340. The van der Waals surface area contributed by atoms with Crippen molar-refractivity contribution < 1.29 is 4.74 Å². The zero-order valence-electron chi connectivity index (χ0n) is 19.9. The van der Waals surface area contributed by atoms with Gasteiger partial charge >= 0.3 is 0 Å². The zero-order chi connectivity index (χ0) is 24.5. The van der Waals surface area contributed by atoms with E-state index in [4.69, 9.17) is 28.6 Å². The maximum absolute atomic E-state index is 6.60. The summed E-state index contributed by atoms with van der Waals surface area (Å²) in [5.41, 5.74) is 6.29. The molecule has 1 aliphatic rings. The molecule has 1 fully saturated rings. The molecular formula is C28H27ClN4OS. The Labute approximate surface area is 216 Å². The predicted molar refractivity (Wildman–Crippen MR) is 146 cm³/mol. The number of rotatable bonds is 6. The molecule has 0 aliphatic carbocycles. The van der Waals surface area contributed by atoms with Crippen LogP contribution >= 0.6 is 23.8 Å². The molecule has 7 heteroatoms. The van der Waals surface area contributed by atoms with Crippen molar-refractivity contribution in [1.29, 1.82) is 0 Å². The second-order valence-corrected chi connectivity index (χ2v) is 9.33. The lowest BCUT2D eigenvalue weighted by atomic mass is 9.96. The molecule has 1 aliphatic heterocycles. The van der Waals surface area contributed by atoms with Crippen molar-refractivity contribution >= 4 is 34.6 Å². The molecule has 3 heterocycles. The van der Waals surface area contributed by atoms with Crippen molar-refractivity contribution in [1.82, 2.24) is 14.9 Å². The summed E-state index contributed by atoms with van der Waals surface area (Å²) in [5, 5.41) is 4.92. The summed E-state index contributed by atoms with van der Waals surface area (Å²) < 4.78 is 7.87. The highest BCUT2D eigenvalue weighted by atomic mass is 35.5. The van der Waals surface area contributed by atoms with Gasteiger partial charge in [-0.2, -0.15) is 0 Å². The number of nitrogens with zero attached hydrogens (tertiary/aromatic N) is 3. The first kappa shape index (κ1) is 23.4. The number of ether oxygens (including phenoxy) is 1. The summed E-state index contributed by atoms with van der Waals surface area (Å²) in [7, 11) is 0. The van der Waals surface area contributed by atoms with E-state index in [-0.39, 0.29) is 12.1 Å². The van der Waals surface area contributed by atoms with Crippen molar-refractivity contribution in [3.05, 3.63) is 107 Å². The lowest BCUT2D eigenvalue weighted by Crippen LogP contribution is -2.29. The van der Waals surface area contributed by atoms with Gasteiger partial charge < -0.3 is 19.5 Å². The van der Waals surface area contributed by atoms with E-state index in [1.807, 2.05) is 67.7 Å². The van der Waals surface area contributed by atoms with E-state index in [0.29, 0.717) is 16.7 Å². The average Bonchev–Trinajstić information content (AvgIpc) is 3.36. The van der Waals surface area contributed by atoms with Gasteiger partial charge in [-0.05, 0) is 93.1 Å². The number of benzene rings is 2. The monoisotopic (exact) mass is 502 g/mol. The minimum absolute atomic E-state index is 0.0993. The van der Waals surface area contributed by atoms with Crippen LogP contribution in [0, 0.1) is 13.8 Å². The molecule has 0 saturated carbocycles. The maximum atomic E-state index is 6.60. The number of pyridine rings is 1. The van der Waals surface area contributed by atoms with E-state index >= 15 is 0 Å². The van der Waals surface area contributed by atoms with Crippen LogP contribution < -0.4 is 15.0 Å². The average molecular weight is 503 g/mol. The van der Waals surface area contributed by atoms with Crippen LogP contribution in [0.15, 0.2) is 79.0 Å². The van der Waals surface area contributed by atoms with Crippen LogP contribution in [0.1, 0.15) is 41.7 Å². The number of hydrogen-bond acceptors (Lipinski definition) is 3. The largest absolute Gasteiger partial charge is 0.494 e. The number of halogens is 1. The Bertz CT molecular complexity index is 1350. The van der Waals surface area contributed by atoms with E-state index in [1.54, 1.807) is 0 Å². The third kappa shape index (κ3) is 4.28. The number of aryl methyl sites for hydroxylation is 1. The fraction of sp³-hybridized carbons (Fsp3) is 0.214. The van der Waals surface area contributed by atoms with Gasteiger partial charge in [0.2, 0.25) is 0 Å². The van der Waals surface area contributed by atoms with Gasteiger partial charge in [-0.25, -0.2) is 0 Å². The zero-order valence-corrected chi connectivity index (χ0v) is 21.5. The smallest absolute Gasteiger partial charge is 0.174 e. The minimum atomic E-state index is -0.115. The highest BCUT2D eigenvalue weighted by Gasteiger charge is 2.42. The van der Waals surface area contributed by atoms with Gasteiger partial charge in [-0.3, -0.25) is 4.98 Å². The molecule has 0 amide bonds. The topological polar surface area (TPSA) is 42.3 Å². The second-order valence-electron chi connectivity index (χ2n) is 8.54. The van der Waals surface area contributed by atoms with E-state index in [1.165, 1.54) is 5.56 Å². The summed E-state index contributed by atoms with van der Waals surface area (Å²) in [4.78, 5) is 6.86. The number of aromatic nitrogens is 2. The van der Waals surface area contributed by atoms with Gasteiger partial charge in [0.15, 0.2) is 5.11 Å². The number of thiocarbonyl (C=S) groups is 1. The number of hydrogen-bond donors (Lipinski definition) is 1. The predicted octanol–water partition coefficient (Wildman–Crippen LogP) is 6.72. The molecule has 5 nitrogen and oxygen atoms in total. The van der Waals surface area contributed by atoms with Crippen LogP contribution in [0.2, 0.25) is 5.02 Å². The summed E-state index contributed by atoms with van der Waals surface area (Å²) >= 11 is 12.5. The molecule has 2 atom stereocenters. The van der Waals surface area contributed by atoms with Gasteiger partial charge in [-0.1, -0.05) is 29.8 Å². The third-order valence-electron chi connectivity index (χ3n) is 6.41. The third-order valence-corrected chi connectivity index (χ3v) is 7.04. The van der Waals surface area contributed by atoms with Crippen molar-refractivity contribution in [3.8, 4) is 11.4 Å². The van der Waals surface area contributed by atoms with Crippen molar-refractivity contribution in [3.63, 3.8) is 0 Å². The van der Waals surface area contributed by atoms with Crippen LogP contribution in [0.5, 0.6) is 5.75 Å². The quantitative estimate of drug-likeness (QED) is 0.296. The molecule has 0 bridgehead atoms. The Morgan fingerprint density at radius 3 is 2.46 bits per heavy atom. The molecular weight excluding hydrogens is 476 g/mol. The number of anilines is 1. The fourth-order valence-electron chi connectivity index (χ4n) is 4.91. The summed E-state index contributed by atoms with van der Waals surface area (Å²) in [6, 6.07) is 24.0. The van der Waals surface area contributed by atoms with E-state index < -0.39 is 0 Å². The fourth-order valence-corrected chi connectivity index (χ4v) is 5.48. The van der Waals surface area contributed by atoms with Gasteiger partial charge in [0.1, 0.15) is 5.75 Å². The number of nitrogens with one attached hydrogen (secondary N) is 1. The highest BCUT2D eigenvalue weighted by molar-refractivity contribution is 7.80. The molecule has 5 rings (SSSR count). The van der Waals surface area contributed by atoms with Gasteiger partial charge in [0.25, 0.3) is 0 Å². The molecule has 2 aromatic carbocycles. The van der Waals surface area contributed by atoms with Crippen LogP contribution in [-0.2, 0) is 0 Å². The molecule has 1 saturated heterocycles. The van der Waals surface area contributed by atoms with Gasteiger partial charge in [0, 0.05) is 23.3 Å². The molecule has 2 aromatic heterocycles. The second kappa shape index (κ2) is 9.72. The first-order chi connectivity index (χ1) is 17.0. The maximum Gasteiger partial charge on any atom is 0.174 e. The van der Waals surface area contributed by atoms with Crippen molar-refractivity contribution in [2.45, 2.75) is 32.9 Å². The molecule has 0 radical (unpaired) electrons. The molecule has 0 unspecified atom stereocenters. The van der Waals surface area contributed by atoms with Crippen LogP contribution in [0.3, 0.4) is 0 Å². The van der Waals surface area contributed by atoms with Crippen molar-refractivity contribution in [2.75, 3.05) is 11.5 Å². The SMILES string of the molecule is CCOc1ccc(N2C(=S)N[C@H](c3ccccn3)[C@@H]2c2cc(C)n(-c3ccccc3Cl)c2C)cc1. The van der Waals surface area contributed by atoms with E-state index in [0.717, 1.165) is 34.2 Å². The van der Waals surface area contributed by atoms with Gasteiger partial charge in [-0.15, -0.1) is 0 Å². The van der Waals surface area contributed by atoms with E-state index in [9.17, 15) is 0 Å². The summed E-state index contributed by atoms with van der Waals surface area (Å²) in [6.45, 7) is 6.85. The first-order valence-corrected chi connectivity index (χ1v) is 12.5. The van der Waals surface area contributed by atoms with E-state index in [2.05, 4.69) is 51.8 Å². The molecule has 35 heavy (non-hydrogen) atoms. The van der Waals surface area contributed by atoms with Crippen LogP contribution in [-0.4, -0.2) is 21.3 Å². The Kier molecular flexibility index (Phi) is 6.50. The molecule has 4 aromatic rings. The molecule has 1 N–H and O–H groups in total. The Hall–Kier alpha value is -3.35. The normalized spacial score (nSPS) is 17.5. The Morgan fingerprint density at radius 2 is 1.77 bits per heavy atom. The lowest BCUT2D eigenvalue weighted by Gasteiger charge is -2.28. The van der Waals surface area contributed by atoms with Gasteiger partial charge in [0.05, 0.1) is 35.1 Å². The minimum Gasteiger partial charge on any atom is -0.494 e. The van der Waals surface area contributed by atoms with Crippen molar-refractivity contribution in [2.24, 2.45) is 0 Å². The molecule has 178 valence electrons. The highest BCUT2D eigenvalue weighted by Crippen LogP contribution is 2.44. The standard InChI is InChI=1S/C28H27ClN4OS/c1-4-34-21-14-12-20(13-15-21)33-27(26(31-28(33)35)24-10-7-8-16-30-24)22-17-18(2)32(19(22)3)25-11-6-5-9-23(25)29/h5-17,26-27H,4H2,1-3H3,(H,31,35)/t26-,27+/m1/s1. The molecule has 0 spiro atoms. The first-order valence-electron chi connectivity index (χ1n) is 11.7. The number of para-hydroxylation sites is 1. The summed E-state index contributed by atoms with van der Waals surface area (Å²) in [6.07, 6.45) is 1.82. The van der Waals surface area contributed by atoms with Crippen LogP contribution in [0.25, 0.3) is 5.69 Å². The Balaban J connectivity index is 1.65. The summed E-state index contributed by atoms with van der Waals surface area (Å²) in [5.74, 6) is 0.837. The Morgan fingerprint density at radius 1 is 1.03 bits per heavy atom.